The number of pyridine rings is 1. The number of nitrogen functional groups attached to an aromatic ring is 1. The number of anilines is 1. The molecule has 22 heavy (non-hydrogen) atoms. The second-order valence-corrected chi connectivity index (χ2v) is 5.62. The van der Waals surface area contributed by atoms with Crippen LogP contribution >= 0.6 is 11.6 Å². The van der Waals surface area contributed by atoms with Crippen molar-refractivity contribution in [2.75, 3.05) is 12.8 Å². The van der Waals surface area contributed by atoms with Gasteiger partial charge in [-0.05, 0) is 24.3 Å². The zero-order chi connectivity index (χ0) is 15.9. The van der Waals surface area contributed by atoms with E-state index in [1.54, 1.807) is 12.1 Å². The summed E-state index contributed by atoms with van der Waals surface area (Å²) in [5.74, 6) is -0.892. The van der Waals surface area contributed by atoms with Crippen LogP contribution in [0, 0.1) is 5.82 Å². The molecular formula is C16H14ClFN2O2. The molecule has 2 N–H and O–H groups in total. The minimum Gasteiger partial charge on any atom is -0.464 e. The third kappa shape index (κ3) is 2.52. The van der Waals surface area contributed by atoms with Gasteiger partial charge < -0.3 is 10.5 Å². The summed E-state index contributed by atoms with van der Waals surface area (Å²) in [6, 6.07) is 7.43. The van der Waals surface area contributed by atoms with E-state index in [-0.39, 0.29) is 22.1 Å². The Morgan fingerprint density at radius 1 is 1.36 bits per heavy atom. The minimum atomic E-state index is -0.757. The highest BCUT2D eigenvalue weighted by Crippen LogP contribution is 2.40. The predicted octanol–water partition coefficient (Wildman–Crippen LogP) is 3.79. The van der Waals surface area contributed by atoms with Crippen molar-refractivity contribution in [3.63, 3.8) is 0 Å². The average molecular weight is 321 g/mol. The maximum Gasteiger partial charge on any atom is 0.358 e. The highest BCUT2D eigenvalue weighted by molar-refractivity contribution is 6.35. The van der Waals surface area contributed by atoms with Crippen molar-refractivity contribution in [3.05, 3.63) is 46.4 Å². The quantitative estimate of drug-likeness (QED) is 0.874. The molecule has 4 nitrogen and oxygen atoms in total. The second kappa shape index (κ2) is 5.57. The second-order valence-electron chi connectivity index (χ2n) is 5.24. The number of hydrogen-bond donors (Lipinski definition) is 1. The Morgan fingerprint density at radius 3 is 2.55 bits per heavy atom. The molecule has 1 aliphatic carbocycles. The average Bonchev–Trinajstić information content (AvgIpc) is 3.37. The van der Waals surface area contributed by atoms with Crippen LogP contribution in [0.1, 0.15) is 34.8 Å². The first-order chi connectivity index (χ1) is 10.5. The number of carbonyl (C=O) groups is 1. The summed E-state index contributed by atoms with van der Waals surface area (Å²) in [5.41, 5.74) is 6.90. The maximum absolute atomic E-state index is 14.3. The van der Waals surface area contributed by atoms with E-state index in [0.29, 0.717) is 11.5 Å². The van der Waals surface area contributed by atoms with E-state index < -0.39 is 11.8 Å². The number of ether oxygens (including phenoxy) is 1. The fourth-order valence-corrected chi connectivity index (χ4v) is 2.52. The Kier molecular flexibility index (Phi) is 3.74. The first-order valence-corrected chi connectivity index (χ1v) is 7.23. The normalized spacial score (nSPS) is 14.0. The van der Waals surface area contributed by atoms with Gasteiger partial charge in [-0.2, -0.15) is 0 Å². The van der Waals surface area contributed by atoms with E-state index >= 15 is 0 Å². The lowest BCUT2D eigenvalue weighted by molar-refractivity contribution is 0.0594. The van der Waals surface area contributed by atoms with Gasteiger partial charge in [-0.3, -0.25) is 0 Å². The van der Waals surface area contributed by atoms with Crippen molar-refractivity contribution in [1.82, 2.24) is 4.98 Å². The number of nitrogens with zero attached hydrogens (tertiary/aromatic N) is 1. The van der Waals surface area contributed by atoms with Crippen molar-refractivity contribution in [2.24, 2.45) is 0 Å². The first-order valence-electron chi connectivity index (χ1n) is 6.86. The molecule has 0 unspecified atom stereocenters. The summed E-state index contributed by atoms with van der Waals surface area (Å²) in [7, 11) is 1.20. The van der Waals surface area contributed by atoms with E-state index in [1.165, 1.54) is 25.5 Å². The predicted molar refractivity (Wildman–Crippen MR) is 82.4 cm³/mol. The van der Waals surface area contributed by atoms with Crippen LogP contribution in [0.25, 0.3) is 11.3 Å². The number of methoxy groups -OCH3 is 1. The number of aromatic nitrogens is 1. The Bertz CT molecular complexity index is 743. The fourth-order valence-electron chi connectivity index (χ4n) is 2.31. The molecule has 1 aromatic heterocycles. The summed E-state index contributed by atoms with van der Waals surface area (Å²) in [5, 5.41) is -0.234. The molecule has 1 heterocycles. The lowest BCUT2D eigenvalue weighted by Gasteiger charge is -2.11. The van der Waals surface area contributed by atoms with E-state index in [9.17, 15) is 9.18 Å². The molecule has 0 amide bonds. The number of esters is 1. The van der Waals surface area contributed by atoms with Crippen LogP contribution in [-0.4, -0.2) is 18.1 Å². The number of rotatable bonds is 3. The topological polar surface area (TPSA) is 65.2 Å². The molecule has 0 atom stereocenters. The van der Waals surface area contributed by atoms with Crippen molar-refractivity contribution in [2.45, 2.75) is 18.8 Å². The molecule has 114 valence electrons. The molecule has 0 bridgehead atoms. The van der Waals surface area contributed by atoms with E-state index in [4.69, 9.17) is 17.3 Å². The summed E-state index contributed by atoms with van der Waals surface area (Å²) < 4.78 is 18.9. The van der Waals surface area contributed by atoms with Gasteiger partial charge in [0.1, 0.15) is 5.69 Å². The van der Waals surface area contributed by atoms with Crippen LogP contribution in [0.2, 0.25) is 5.02 Å². The number of benzene rings is 1. The van der Waals surface area contributed by atoms with Crippen LogP contribution in [0.15, 0.2) is 24.3 Å². The number of halogens is 2. The highest BCUT2D eigenvalue weighted by atomic mass is 35.5. The Hall–Kier alpha value is -2.14. The molecule has 0 aliphatic heterocycles. The van der Waals surface area contributed by atoms with E-state index in [1.807, 2.05) is 12.1 Å². The SMILES string of the molecule is COC(=O)c1nc(-c2ccc(C3CC3)cc2)c(F)c(N)c1Cl. The van der Waals surface area contributed by atoms with Crippen LogP contribution in [0.5, 0.6) is 0 Å². The van der Waals surface area contributed by atoms with Gasteiger partial charge in [0.25, 0.3) is 0 Å². The highest BCUT2D eigenvalue weighted by Gasteiger charge is 2.25. The lowest BCUT2D eigenvalue weighted by atomic mass is 10.0. The monoisotopic (exact) mass is 320 g/mol. The van der Waals surface area contributed by atoms with Crippen molar-refractivity contribution >= 4 is 23.3 Å². The van der Waals surface area contributed by atoms with Crippen LogP contribution in [0.3, 0.4) is 0 Å². The summed E-state index contributed by atoms with van der Waals surface area (Å²) >= 11 is 5.88. The zero-order valence-electron chi connectivity index (χ0n) is 11.9. The largest absolute Gasteiger partial charge is 0.464 e. The molecule has 3 rings (SSSR count). The molecule has 1 saturated carbocycles. The number of hydrogen-bond acceptors (Lipinski definition) is 4. The molecule has 0 radical (unpaired) electrons. The molecule has 1 aromatic carbocycles. The summed E-state index contributed by atoms with van der Waals surface area (Å²) in [6.45, 7) is 0. The van der Waals surface area contributed by atoms with Gasteiger partial charge in [0.15, 0.2) is 11.5 Å². The third-order valence-electron chi connectivity index (χ3n) is 3.72. The van der Waals surface area contributed by atoms with E-state index in [2.05, 4.69) is 9.72 Å². The van der Waals surface area contributed by atoms with Crippen molar-refractivity contribution in [3.8, 4) is 11.3 Å². The standard InChI is InChI=1S/C16H14ClFN2O2/c1-22-16(21)15-11(17)13(19)12(18)14(20-15)10-6-4-9(5-7-10)8-2-3-8/h4-8H,2-3H2,1H3,(H2,19,20). The Balaban J connectivity index is 2.08. The molecule has 0 saturated heterocycles. The van der Waals surface area contributed by atoms with Gasteiger partial charge in [-0.15, -0.1) is 0 Å². The van der Waals surface area contributed by atoms with Crippen LogP contribution < -0.4 is 5.73 Å². The van der Waals surface area contributed by atoms with Gasteiger partial charge in [0.2, 0.25) is 0 Å². The molecule has 1 fully saturated rings. The Morgan fingerprint density at radius 2 is 2.00 bits per heavy atom. The van der Waals surface area contributed by atoms with Crippen LogP contribution in [-0.2, 0) is 4.74 Å². The zero-order valence-corrected chi connectivity index (χ0v) is 12.7. The first kappa shape index (κ1) is 14.8. The number of nitrogens with two attached hydrogens (primary N) is 1. The summed E-state index contributed by atoms with van der Waals surface area (Å²) in [4.78, 5) is 15.7. The molecule has 0 spiro atoms. The minimum absolute atomic E-state index is 0.00959. The van der Waals surface area contributed by atoms with Crippen molar-refractivity contribution in [1.29, 1.82) is 0 Å². The maximum atomic E-state index is 14.3. The van der Waals surface area contributed by atoms with Gasteiger partial charge >= 0.3 is 5.97 Å². The molecular weight excluding hydrogens is 307 g/mol. The molecule has 1 aliphatic rings. The lowest BCUT2D eigenvalue weighted by Crippen LogP contribution is -2.10. The van der Waals surface area contributed by atoms with Crippen LogP contribution in [0.4, 0.5) is 10.1 Å². The third-order valence-corrected chi connectivity index (χ3v) is 4.11. The molecule has 2 aromatic rings. The van der Waals surface area contributed by atoms with E-state index in [0.717, 1.165) is 0 Å². The number of carbonyl (C=O) groups excluding carboxylic acids is 1. The molecule has 6 heteroatoms. The fraction of sp³-hybridized carbons (Fsp3) is 0.250. The Labute approximate surface area is 132 Å². The van der Waals surface area contributed by atoms with Gasteiger partial charge in [0.05, 0.1) is 17.8 Å². The van der Waals surface area contributed by atoms with Crippen molar-refractivity contribution < 1.29 is 13.9 Å². The van der Waals surface area contributed by atoms with Gasteiger partial charge in [0, 0.05) is 5.56 Å². The summed E-state index contributed by atoms with van der Waals surface area (Å²) in [6.07, 6.45) is 2.37. The van der Waals surface area contributed by atoms with Gasteiger partial charge in [-0.1, -0.05) is 35.9 Å². The smallest absolute Gasteiger partial charge is 0.358 e. The van der Waals surface area contributed by atoms with Gasteiger partial charge in [-0.25, -0.2) is 14.2 Å².